The van der Waals surface area contributed by atoms with Gasteiger partial charge in [0.1, 0.15) is 12.7 Å². The second-order valence-electron chi connectivity index (χ2n) is 2.36. The summed E-state index contributed by atoms with van der Waals surface area (Å²) in [4.78, 5) is 10.7. The predicted octanol–water partition coefficient (Wildman–Crippen LogP) is -1.22. The lowest BCUT2D eigenvalue weighted by Gasteiger charge is -2.12. The van der Waals surface area contributed by atoms with Gasteiger partial charge < -0.3 is 20.1 Å². The normalized spacial score (nSPS) is 12.8. The van der Waals surface area contributed by atoms with Crippen LogP contribution in [-0.2, 0) is 9.53 Å². The lowest BCUT2D eigenvalue weighted by molar-refractivity contribution is -0.159. The van der Waals surface area contributed by atoms with E-state index in [1.165, 1.54) is 6.92 Å². The first-order chi connectivity index (χ1) is 5.45. The lowest BCUT2D eigenvalue weighted by atomic mass is 10.3. The second-order valence-corrected chi connectivity index (χ2v) is 2.36. The summed E-state index contributed by atoms with van der Waals surface area (Å²) in [7, 11) is 0. The smallest absolute Gasteiger partial charge is 0.333 e. The van der Waals surface area contributed by atoms with Crippen LogP contribution in [0, 0.1) is 0 Å². The Morgan fingerprint density at radius 3 is 2.33 bits per heavy atom. The SMILES string of the molecule is C=C(C)C(=O)OCC(O)C(O)O. The highest BCUT2D eigenvalue weighted by Gasteiger charge is 2.15. The molecular weight excluding hydrogens is 164 g/mol. The number of hydrogen-bond donors (Lipinski definition) is 3. The van der Waals surface area contributed by atoms with Crippen molar-refractivity contribution in [1.29, 1.82) is 0 Å². The van der Waals surface area contributed by atoms with Crippen molar-refractivity contribution in [2.75, 3.05) is 6.61 Å². The van der Waals surface area contributed by atoms with Crippen molar-refractivity contribution in [1.82, 2.24) is 0 Å². The van der Waals surface area contributed by atoms with Gasteiger partial charge in [-0.2, -0.15) is 0 Å². The fourth-order valence-electron chi connectivity index (χ4n) is 0.370. The van der Waals surface area contributed by atoms with Crippen LogP contribution in [0.2, 0.25) is 0 Å². The van der Waals surface area contributed by atoms with E-state index in [-0.39, 0.29) is 5.57 Å². The molecule has 1 unspecified atom stereocenters. The van der Waals surface area contributed by atoms with Crippen LogP contribution in [0.25, 0.3) is 0 Å². The van der Waals surface area contributed by atoms with Crippen molar-refractivity contribution in [3.05, 3.63) is 12.2 Å². The maximum atomic E-state index is 10.7. The molecular formula is C7H12O5. The third-order valence-electron chi connectivity index (χ3n) is 1.08. The number of hydrogen-bond acceptors (Lipinski definition) is 5. The van der Waals surface area contributed by atoms with Gasteiger partial charge in [-0.1, -0.05) is 6.58 Å². The first kappa shape index (κ1) is 11.1. The third-order valence-corrected chi connectivity index (χ3v) is 1.08. The summed E-state index contributed by atoms with van der Waals surface area (Å²) in [6, 6.07) is 0. The van der Waals surface area contributed by atoms with E-state index in [1.54, 1.807) is 0 Å². The molecule has 0 amide bonds. The Hall–Kier alpha value is -0.910. The zero-order valence-electron chi connectivity index (χ0n) is 6.73. The van der Waals surface area contributed by atoms with E-state index in [4.69, 9.17) is 15.3 Å². The summed E-state index contributed by atoms with van der Waals surface area (Å²) in [5, 5.41) is 25.5. The molecule has 0 saturated carbocycles. The van der Waals surface area contributed by atoms with Crippen LogP contribution in [0.1, 0.15) is 6.92 Å². The van der Waals surface area contributed by atoms with Crippen molar-refractivity contribution in [3.8, 4) is 0 Å². The molecule has 12 heavy (non-hydrogen) atoms. The molecule has 0 heterocycles. The van der Waals surface area contributed by atoms with Crippen molar-refractivity contribution in [3.63, 3.8) is 0 Å². The third kappa shape index (κ3) is 4.07. The Bertz CT molecular complexity index is 175. The monoisotopic (exact) mass is 176 g/mol. The molecule has 0 aliphatic carbocycles. The van der Waals surface area contributed by atoms with Crippen molar-refractivity contribution < 1.29 is 24.9 Å². The molecule has 0 aromatic carbocycles. The minimum atomic E-state index is -1.90. The molecule has 0 aliphatic heterocycles. The Morgan fingerprint density at radius 2 is 2.00 bits per heavy atom. The second kappa shape index (κ2) is 4.87. The summed E-state index contributed by atoms with van der Waals surface area (Å²) in [6.45, 7) is 4.29. The van der Waals surface area contributed by atoms with Crippen molar-refractivity contribution in [2.45, 2.75) is 19.3 Å². The molecule has 0 fully saturated rings. The maximum Gasteiger partial charge on any atom is 0.333 e. The first-order valence-corrected chi connectivity index (χ1v) is 3.32. The number of aliphatic hydroxyl groups excluding tert-OH is 2. The average molecular weight is 176 g/mol. The quantitative estimate of drug-likeness (QED) is 0.284. The van der Waals surface area contributed by atoms with E-state index in [0.29, 0.717) is 0 Å². The van der Waals surface area contributed by atoms with Crippen LogP contribution in [0.15, 0.2) is 12.2 Å². The number of esters is 1. The molecule has 1 atom stereocenters. The fourth-order valence-corrected chi connectivity index (χ4v) is 0.370. The number of ether oxygens (including phenoxy) is 1. The van der Waals surface area contributed by atoms with E-state index < -0.39 is 25.0 Å². The van der Waals surface area contributed by atoms with Gasteiger partial charge in [0.05, 0.1) is 0 Å². The molecule has 0 spiro atoms. The fraction of sp³-hybridized carbons (Fsp3) is 0.571. The van der Waals surface area contributed by atoms with E-state index in [1.807, 2.05) is 0 Å². The van der Waals surface area contributed by atoms with Gasteiger partial charge in [0.15, 0.2) is 6.29 Å². The number of carbonyl (C=O) groups excluding carboxylic acids is 1. The van der Waals surface area contributed by atoms with Gasteiger partial charge in [0, 0.05) is 5.57 Å². The number of aliphatic hydroxyl groups is 3. The van der Waals surface area contributed by atoms with Gasteiger partial charge in [-0.25, -0.2) is 4.79 Å². The summed E-state index contributed by atoms with van der Waals surface area (Å²) >= 11 is 0. The van der Waals surface area contributed by atoms with E-state index in [2.05, 4.69) is 11.3 Å². The minimum Gasteiger partial charge on any atom is -0.459 e. The molecule has 0 bridgehead atoms. The van der Waals surface area contributed by atoms with Crippen LogP contribution in [-0.4, -0.2) is 40.3 Å². The van der Waals surface area contributed by atoms with Crippen LogP contribution >= 0.6 is 0 Å². The molecule has 5 heteroatoms. The predicted molar refractivity (Wildman–Crippen MR) is 40.0 cm³/mol. The van der Waals surface area contributed by atoms with Gasteiger partial charge in [-0.3, -0.25) is 0 Å². The van der Waals surface area contributed by atoms with Crippen LogP contribution in [0.4, 0.5) is 0 Å². The summed E-state index contributed by atoms with van der Waals surface area (Å²) in [6.07, 6.45) is -3.38. The van der Waals surface area contributed by atoms with Gasteiger partial charge in [0.2, 0.25) is 0 Å². The Balaban J connectivity index is 3.69. The summed E-state index contributed by atoms with van der Waals surface area (Å²) < 4.78 is 4.42. The Morgan fingerprint density at radius 1 is 1.50 bits per heavy atom. The van der Waals surface area contributed by atoms with Gasteiger partial charge in [0.25, 0.3) is 0 Å². The molecule has 3 N–H and O–H groups in total. The molecule has 0 radical (unpaired) electrons. The van der Waals surface area contributed by atoms with Gasteiger partial charge in [-0.15, -0.1) is 0 Å². The zero-order valence-corrected chi connectivity index (χ0v) is 6.73. The van der Waals surface area contributed by atoms with Crippen molar-refractivity contribution in [2.24, 2.45) is 0 Å². The van der Waals surface area contributed by atoms with E-state index in [0.717, 1.165) is 0 Å². The average Bonchev–Trinajstić information content (AvgIpc) is 1.98. The molecule has 70 valence electrons. The largest absolute Gasteiger partial charge is 0.459 e. The topological polar surface area (TPSA) is 87.0 Å². The molecule has 0 rings (SSSR count). The van der Waals surface area contributed by atoms with E-state index >= 15 is 0 Å². The van der Waals surface area contributed by atoms with Crippen LogP contribution < -0.4 is 0 Å². The first-order valence-electron chi connectivity index (χ1n) is 3.32. The zero-order chi connectivity index (χ0) is 9.72. The number of carbonyl (C=O) groups is 1. The summed E-state index contributed by atoms with van der Waals surface area (Å²) in [5.41, 5.74) is 0.189. The van der Waals surface area contributed by atoms with Gasteiger partial charge >= 0.3 is 5.97 Å². The highest BCUT2D eigenvalue weighted by molar-refractivity contribution is 5.86. The highest BCUT2D eigenvalue weighted by atomic mass is 16.6. The minimum absolute atomic E-state index is 0.189. The molecule has 5 nitrogen and oxygen atoms in total. The summed E-state index contributed by atoms with van der Waals surface area (Å²) in [5.74, 6) is -0.672. The molecule has 0 aromatic rings. The van der Waals surface area contributed by atoms with Gasteiger partial charge in [-0.05, 0) is 6.92 Å². The molecule has 0 aromatic heterocycles. The lowest BCUT2D eigenvalue weighted by Crippen LogP contribution is -2.31. The standard InChI is InChI=1S/C7H12O5/c1-4(2)7(11)12-3-5(8)6(9)10/h5-6,8-10H,1,3H2,2H3. The van der Waals surface area contributed by atoms with Crippen LogP contribution in [0.3, 0.4) is 0 Å². The van der Waals surface area contributed by atoms with Crippen LogP contribution in [0.5, 0.6) is 0 Å². The molecule has 0 aliphatic rings. The van der Waals surface area contributed by atoms with E-state index in [9.17, 15) is 4.79 Å². The highest BCUT2D eigenvalue weighted by Crippen LogP contribution is 1.95. The molecule has 0 saturated heterocycles. The maximum absolute atomic E-state index is 10.7. The van der Waals surface area contributed by atoms with Crippen molar-refractivity contribution >= 4 is 5.97 Å². The Kier molecular flexibility index (Phi) is 4.50. The number of rotatable bonds is 4. The Labute approximate surface area is 69.9 Å².